The van der Waals surface area contributed by atoms with Crippen LogP contribution in [0.3, 0.4) is 0 Å². The molecule has 0 spiro atoms. The van der Waals surface area contributed by atoms with E-state index in [0.29, 0.717) is 18.9 Å². The van der Waals surface area contributed by atoms with Gasteiger partial charge in [0.25, 0.3) is 15.9 Å². The van der Waals surface area contributed by atoms with Gasteiger partial charge in [0.2, 0.25) is 0 Å². The van der Waals surface area contributed by atoms with Gasteiger partial charge in [-0.1, -0.05) is 13.3 Å². The van der Waals surface area contributed by atoms with Crippen molar-refractivity contribution < 1.29 is 22.0 Å². The van der Waals surface area contributed by atoms with Crippen LogP contribution in [0.1, 0.15) is 25.3 Å². The van der Waals surface area contributed by atoms with E-state index in [2.05, 4.69) is 0 Å². The lowest BCUT2D eigenvalue weighted by Gasteiger charge is -2.22. The number of benzene rings is 1. The van der Waals surface area contributed by atoms with Crippen molar-refractivity contribution in [2.24, 2.45) is 0 Å². The average molecular weight is 334 g/mol. The number of rotatable bonds is 6. The Morgan fingerprint density at radius 2 is 1.86 bits per heavy atom. The zero-order chi connectivity index (χ0) is 17.1. The number of hydrogen-bond acceptors (Lipinski definition) is 4. The third-order valence-electron chi connectivity index (χ3n) is 3.23. The molecule has 5 nitrogen and oxygen atoms in total. The normalized spacial score (nSPS) is 13.2. The van der Waals surface area contributed by atoms with Crippen LogP contribution in [0.25, 0.3) is 0 Å². The maximum Gasteiger partial charge on any atom is 0.267 e. The van der Waals surface area contributed by atoms with Crippen LogP contribution in [0.2, 0.25) is 0 Å². The molecule has 0 fully saturated rings. The third kappa shape index (κ3) is 4.23. The molecule has 8 heteroatoms. The molecular formula is C14H20F2N2O3S. The zero-order valence-corrected chi connectivity index (χ0v) is 13.8. The summed E-state index contributed by atoms with van der Waals surface area (Å²) in [4.78, 5) is 12.9. The Kier molecular flexibility index (Phi) is 6.01. The number of carbonyl (C=O) groups excluding carboxylic acids is 1. The number of nitrogens with one attached hydrogen (secondary N) is 1. The first-order valence-electron chi connectivity index (χ1n) is 6.79. The molecule has 1 rings (SSSR count). The van der Waals surface area contributed by atoms with E-state index in [0.717, 1.165) is 6.07 Å². The van der Waals surface area contributed by atoms with Gasteiger partial charge in [-0.25, -0.2) is 21.9 Å². The van der Waals surface area contributed by atoms with E-state index in [9.17, 15) is 22.0 Å². The highest BCUT2D eigenvalue weighted by Crippen LogP contribution is 2.19. The van der Waals surface area contributed by atoms with Gasteiger partial charge in [-0.15, -0.1) is 0 Å². The van der Waals surface area contributed by atoms with Crippen LogP contribution in [-0.4, -0.2) is 39.4 Å². The highest BCUT2D eigenvalue weighted by atomic mass is 32.2. The Balaban J connectivity index is 3.10. The molecule has 0 saturated carbocycles. The molecule has 0 heterocycles. The molecule has 0 bridgehead atoms. The fourth-order valence-corrected chi connectivity index (χ4v) is 3.15. The quantitative estimate of drug-likeness (QED) is 0.862. The maximum absolute atomic E-state index is 13.7. The van der Waals surface area contributed by atoms with Crippen LogP contribution in [0.4, 0.5) is 8.78 Å². The second kappa shape index (κ2) is 7.15. The van der Waals surface area contributed by atoms with Crippen LogP contribution < -0.4 is 4.72 Å². The lowest BCUT2D eigenvalue weighted by Crippen LogP contribution is -2.45. The van der Waals surface area contributed by atoms with E-state index < -0.39 is 38.5 Å². The highest BCUT2D eigenvalue weighted by Gasteiger charge is 2.28. The SMILES string of the molecule is CCC[C@H](C(=O)NS(=O)(=O)c1cc(C)c(F)cc1F)N(C)C. The largest absolute Gasteiger partial charge is 0.298 e. The second-order valence-corrected chi connectivity index (χ2v) is 6.92. The van der Waals surface area contributed by atoms with Crippen molar-refractivity contribution in [2.45, 2.75) is 37.6 Å². The van der Waals surface area contributed by atoms with Gasteiger partial charge in [-0.2, -0.15) is 0 Å². The number of amides is 1. The standard InChI is InChI=1S/C14H20F2N2O3S/c1-5-6-12(18(3)4)14(19)17-22(20,21)13-7-9(2)10(15)8-11(13)16/h7-8,12H,5-6H2,1-4H3,(H,17,19)/t12-/m1/s1. The van der Waals surface area contributed by atoms with E-state index in [4.69, 9.17) is 0 Å². The zero-order valence-electron chi connectivity index (χ0n) is 13.0. The summed E-state index contributed by atoms with van der Waals surface area (Å²) in [7, 11) is -1.10. The molecule has 0 unspecified atom stereocenters. The van der Waals surface area contributed by atoms with Gasteiger partial charge >= 0.3 is 0 Å². The second-order valence-electron chi connectivity index (χ2n) is 5.27. The van der Waals surface area contributed by atoms with Crippen molar-refractivity contribution in [3.8, 4) is 0 Å². The fourth-order valence-electron chi connectivity index (χ4n) is 1.99. The number of likely N-dealkylation sites (N-methyl/N-ethyl adjacent to an activating group) is 1. The minimum Gasteiger partial charge on any atom is -0.298 e. The van der Waals surface area contributed by atoms with Gasteiger partial charge < -0.3 is 0 Å². The predicted octanol–water partition coefficient (Wildman–Crippen LogP) is 1.81. The molecular weight excluding hydrogens is 314 g/mol. The topological polar surface area (TPSA) is 66.5 Å². The minimum absolute atomic E-state index is 0.0214. The summed E-state index contributed by atoms with van der Waals surface area (Å²) in [5, 5.41) is 0. The van der Waals surface area contributed by atoms with Gasteiger partial charge in [-0.05, 0) is 39.1 Å². The van der Waals surface area contributed by atoms with Crippen molar-refractivity contribution in [1.29, 1.82) is 0 Å². The summed E-state index contributed by atoms with van der Waals surface area (Å²) in [5.41, 5.74) is -0.0214. The van der Waals surface area contributed by atoms with Gasteiger partial charge in [0.05, 0.1) is 6.04 Å². The van der Waals surface area contributed by atoms with Crippen LogP contribution in [0, 0.1) is 18.6 Å². The maximum atomic E-state index is 13.7. The average Bonchev–Trinajstić information content (AvgIpc) is 2.38. The molecule has 0 radical (unpaired) electrons. The highest BCUT2D eigenvalue weighted by molar-refractivity contribution is 7.90. The number of carbonyl (C=O) groups is 1. The van der Waals surface area contributed by atoms with Crippen molar-refractivity contribution in [3.05, 3.63) is 29.3 Å². The number of sulfonamides is 1. The summed E-state index contributed by atoms with van der Waals surface area (Å²) in [6.07, 6.45) is 1.14. The minimum atomic E-state index is -4.39. The van der Waals surface area contributed by atoms with Crippen molar-refractivity contribution in [2.75, 3.05) is 14.1 Å². The number of halogens is 2. The molecule has 0 aliphatic carbocycles. The Labute approximate surface area is 129 Å². The Morgan fingerprint density at radius 1 is 1.27 bits per heavy atom. The number of hydrogen-bond donors (Lipinski definition) is 1. The molecule has 22 heavy (non-hydrogen) atoms. The Morgan fingerprint density at radius 3 is 2.36 bits per heavy atom. The lowest BCUT2D eigenvalue weighted by atomic mass is 10.1. The van der Waals surface area contributed by atoms with Crippen LogP contribution in [-0.2, 0) is 14.8 Å². The summed E-state index contributed by atoms with van der Waals surface area (Å²) in [6.45, 7) is 3.18. The molecule has 124 valence electrons. The van der Waals surface area contributed by atoms with E-state index in [1.807, 2.05) is 11.6 Å². The van der Waals surface area contributed by atoms with Crippen LogP contribution in [0.5, 0.6) is 0 Å². The summed E-state index contributed by atoms with van der Waals surface area (Å²) < 4.78 is 53.1. The van der Waals surface area contributed by atoms with Crippen molar-refractivity contribution >= 4 is 15.9 Å². The number of aryl methyl sites for hydroxylation is 1. The smallest absolute Gasteiger partial charge is 0.267 e. The van der Waals surface area contributed by atoms with Crippen LogP contribution in [0.15, 0.2) is 17.0 Å². The Bertz CT molecular complexity index is 660. The summed E-state index contributed by atoms with van der Waals surface area (Å²) in [6, 6.07) is 0.707. The lowest BCUT2D eigenvalue weighted by molar-refractivity contribution is -0.123. The summed E-state index contributed by atoms with van der Waals surface area (Å²) >= 11 is 0. The molecule has 1 aromatic carbocycles. The predicted molar refractivity (Wildman–Crippen MR) is 78.8 cm³/mol. The molecule has 0 aliphatic heterocycles. The molecule has 1 N–H and O–H groups in total. The van der Waals surface area contributed by atoms with Gasteiger partial charge in [0.15, 0.2) is 0 Å². The molecule has 1 atom stereocenters. The number of nitrogens with zero attached hydrogens (tertiary/aromatic N) is 1. The van der Waals surface area contributed by atoms with E-state index in [-0.39, 0.29) is 5.56 Å². The molecule has 0 aromatic heterocycles. The first-order chi connectivity index (χ1) is 10.1. The van der Waals surface area contributed by atoms with Crippen molar-refractivity contribution in [3.63, 3.8) is 0 Å². The molecule has 1 amide bonds. The van der Waals surface area contributed by atoms with Crippen molar-refractivity contribution in [1.82, 2.24) is 9.62 Å². The summed E-state index contributed by atoms with van der Waals surface area (Å²) in [5.74, 6) is -2.83. The Hall–Kier alpha value is -1.54. The van der Waals surface area contributed by atoms with E-state index in [1.165, 1.54) is 6.92 Å². The van der Waals surface area contributed by atoms with E-state index in [1.54, 1.807) is 19.0 Å². The molecule has 1 aromatic rings. The third-order valence-corrected chi connectivity index (χ3v) is 4.59. The van der Waals surface area contributed by atoms with Gasteiger partial charge in [0.1, 0.15) is 16.5 Å². The first kappa shape index (κ1) is 18.5. The molecule has 0 aliphatic rings. The van der Waals surface area contributed by atoms with Gasteiger partial charge in [-0.3, -0.25) is 9.69 Å². The van der Waals surface area contributed by atoms with Gasteiger partial charge in [0, 0.05) is 6.07 Å². The fraction of sp³-hybridized carbons (Fsp3) is 0.500. The van der Waals surface area contributed by atoms with Crippen LogP contribution >= 0.6 is 0 Å². The first-order valence-corrected chi connectivity index (χ1v) is 8.27. The molecule has 0 saturated heterocycles. The monoisotopic (exact) mass is 334 g/mol. The van der Waals surface area contributed by atoms with E-state index >= 15 is 0 Å².